The number of benzene rings is 3. The summed E-state index contributed by atoms with van der Waals surface area (Å²) in [4.78, 5) is 35.7. The van der Waals surface area contributed by atoms with E-state index >= 15 is 0 Å². The van der Waals surface area contributed by atoms with Crippen molar-refractivity contribution in [2.75, 3.05) is 13.2 Å². The predicted molar refractivity (Wildman–Crippen MR) is 132 cm³/mol. The Morgan fingerprint density at radius 1 is 0.857 bits per heavy atom. The Kier molecular flexibility index (Phi) is 7.45. The first kappa shape index (κ1) is 24.0. The lowest BCUT2D eigenvalue weighted by Crippen LogP contribution is -2.33. The van der Waals surface area contributed by atoms with Gasteiger partial charge in [-0.25, -0.2) is 4.79 Å². The molecule has 7 nitrogen and oxygen atoms in total. The molecule has 1 unspecified atom stereocenters. The number of aliphatic carboxylic acids is 1. The number of carboxylic acid groups (broad SMARTS) is 1. The van der Waals surface area contributed by atoms with Crippen molar-refractivity contribution in [1.29, 1.82) is 0 Å². The van der Waals surface area contributed by atoms with Crippen LogP contribution in [0.15, 0.2) is 72.8 Å². The molecule has 180 valence electrons. The third-order valence-electron chi connectivity index (χ3n) is 6.26. The molecule has 0 saturated heterocycles. The third-order valence-corrected chi connectivity index (χ3v) is 6.26. The van der Waals surface area contributed by atoms with Gasteiger partial charge in [-0.1, -0.05) is 79.7 Å². The molecule has 3 aromatic carbocycles. The zero-order valence-corrected chi connectivity index (χ0v) is 19.5. The molecule has 1 aliphatic rings. The Bertz CT molecular complexity index is 1190. The number of hydrogen-bond donors (Lipinski definition) is 3. The fourth-order valence-electron chi connectivity index (χ4n) is 4.31. The monoisotopic (exact) mass is 472 g/mol. The van der Waals surface area contributed by atoms with E-state index in [-0.39, 0.29) is 37.9 Å². The maximum atomic E-state index is 12.5. The maximum absolute atomic E-state index is 12.5. The molecule has 0 heterocycles. The van der Waals surface area contributed by atoms with Crippen molar-refractivity contribution in [2.45, 2.75) is 25.8 Å². The van der Waals surface area contributed by atoms with Gasteiger partial charge in [0.05, 0.1) is 12.3 Å². The molecule has 0 aromatic heterocycles. The predicted octanol–water partition coefficient (Wildman–Crippen LogP) is 4.10. The molecule has 4 rings (SSSR count). The second kappa shape index (κ2) is 10.9. The van der Waals surface area contributed by atoms with Crippen LogP contribution < -0.4 is 10.6 Å². The average Bonchev–Trinajstić information content (AvgIpc) is 3.19. The van der Waals surface area contributed by atoms with Crippen LogP contribution in [0, 0.1) is 5.92 Å². The molecule has 1 atom stereocenters. The van der Waals surface area contributed by atoms with Crippen LogP contribution in [0.25, 0.3) is 11.1 Å². The van der Waals surface area contributed by atoms with Gasteiger partial charge < -0.3 is 20.5 Å². The highest BCUT2D eigenvalue weighted by Gasteiger charge is 2.29. The van der Waals surface area contributed by atoms with Gasteiger partial charge in [0.25, 0.3) is 0 Å². The largest absolute Gasteiger partial charge is 0.481 e. The van der Waals surface area contributed by atoms with Crippen molar-refractivity contribution in [3.63, 3.8) is 0 Å². The summed E-state index contributed by atoms with van der Waals surface area (Å²) in [5, 5.41) is 14.4. The van der Waals surface area contributed by atoms with Crippen molar-refractivity contribution in [1.82, 2.24) is 10.6 Å². The molecule has 35 heavy (non-hydrogen) atoms. The summed E-state index contributed by atoms with van der Waals surface area (Å²) in [6, 6.07) is 23.6. The molecule has 0 bridgehead atoms. The van der Waals surface area contributed by atoms with Crippen molar-refractivity contribution < 1.29 is 24.2 Å². The van der Waals surface area contributed by atoms with Crippen LogP contribution in [0.5, 0.6) is 0 Å². The fraction of sp³-hybridized carbons (Fsp3) is 0.250. The summed E-state index contributed by atoms with van der Waals surface area (Å²) in [6.07, 6.45) is -0.434. The van der Waals surface area contributed by atoms with Crippen LogP contribution in [0.3, 0.4) is 0 Å². The van der Waals surface area contributed by atoms with Crippen LogP contribution in [-0.2, 0) is 27.3 Å². The highest BCUT2D eigenvalue weighted by molar-refractivity contribution is 5.80. The third kappa shape index (κ3) is 5.69. The van der Waals surface area contributed by atoms with Crippen molar-refractivity contribution in [3.8, 4) is 11.1 Å². The number of fused-ring (bicyclic) bond motifs is 3. The summed E-state index contributed by atoms with van der Waals surface area (Å²) in [6.45, 7) is 2.04. The number of carboxylic acids is 1. The average molecular weight is 473 g/mol. The van der Waals surface area contributed by atoms with Gasteiger partial charge in [-0.15, -0.1) is 0 Å². The van der Waals surface area contributed by atoms with Crippen LogP contribution in [-0.4, -0.2) is 36.2 Å². The van der Waals surface area contributed by atoms with E-state index in [2.05, 4.69) is 34.9 Å². The smallest absolute Gasteiger partial charge is 0.407 e. The fourth-order valence-corrected chi connectivity index (χ4v) is 4.31. The SMILES string of the molecule is CC(CNC(=O)Cc1ccccc1CNC(=O)OCC1c2ccccc2-c2ccccc21)C(=O)O. The molecule has 2 amide bonds. The van der Waals surface area contributed by atoms with Gasteiger partial charge in [-0.05, 0) is 33.4 Å². The second-order valence-corrected chi connectivity index (χ2v) is 8.67. The molecule has 0 spiro atoms. The molecule has 7 heteroatoms. The van der Waals surface area contributed by atoms with E-state index in [1.165, 1.54) is 18.1 Å². The molecule has 0 fully saturated rings. The summed E-state index contributed by atoms with van der Waals surface area (Å²) < 4.78 is 5.58. The lowest BCUT2D eigenvalue weighted by molar-refractivity contribution is -0.141. The summed E-state index contributed by atoms with van der Waals surface area (Å²) in [5.74, 6) is -1.91. The highest BCUT2D eigenvalue weighted by Crippen LogP contribution is 2.44. The van der Waals surface area contributed by atoms with Crippen molar-refractivity contribution in [2.24, 2.45) is 5.92 Å². The van der Waals surface area contributed by atoms with E-state index in [0.29, 0.717) is 0 Å². The molecule has 1 aliphatic carbocycles. The molecular weight excluding hydrogens is 444 g/mol. The van der Waals surface area contributed by atoms with Gasteiger partial charge >= 0.3 is 12.1 Å². The van der Waals surface area contributed by atoms with Gasteiger partial charge in [0.2, 0.25) is 5.91 Å². The van der Waals surface area contributed by atoms with E-state index in [0.717, 1.165) is 22.3 Å². The lowest BCUT2D eigenvalue weighted by atomic mass is 9.98. The van der Waals surface area contributed by atoms with Crippen molar-refractivity contribution >= 4 is 18.0 Å². The summed E-state index contributed by atoms with van der Waals surface area (Å²) in [7, 11) is 0. The minimum Gasteiger partial charge on any atom is -0.481 e. The molecule has 0 radical (unpaired) electrons. The second-order valence-electron chi connectivity index (χ2n) is 8.67. The number of carbonyl (C=O) groups is 3. The number of alkyl carbamates (subject to hydrolysis) is 1. The Hall–Kier alpha value is -4.13. The quantitative estimate of drug-likeness (QED) is 0.435. The first-order valence-electron chi connectivity index (χ1n) is 11.6. The van der Waals surface area contributed by atoms with Gasteiger partial charge in [-0.3, -0.25) is 9.59 Å². The number of ether oxygens (including phenoxy) is 1. The molecule has 0 aliphatic heterocycles. The van der Waals surface area contributed by atoms with Gasteiger partial charge in [0.1, 0.15) is 6.61 Å². The topological polar surface area (TPSA) is 105 Å². The maximum Gasteiger partial charge on any atom is 0.407 e. The molecule has 3 aromatic rings. The number of amides is 2. The summed E-state index contributed by atoms with van der Waals surface area (Å²) in [5.41, 5.74) is 6.18. The van der Waals surface area contributed by atoms with Crippen LogP contribution in [0.1, 0.15) is 35.1 Å². The van der Waals surface area contributed by atoms with Crippen molar-refractivity contribution in [3.05, 3.63) is 95.1 Å². The van der Waals surface area contributed by atoms with Crippen LogP contribution in [0.4, 0.5) is 4.79 Å². The minimum atomic E-state index is -0.960. The number of hydrogen-bond acceptors (Lipinski definition) is 4. The Labute approximate surface area is 204 Å². The zero-order valence-electron chi connectivity index (χ0n) is 19.5. The van der Waals surface area contributed by atoms with E-state index in [1.807, 2.05) is 48.5 Å². The standard InChI is InChI=1S/C28H28N2O5/c1-18(27(32)33)15-29-26(31)14-19-8-2-3-9-20(19)16-30-28(34)35-17-25-23-12-6-4-10-21(23)22-11-5-7-13-24(22)25/h2-13,18,25H,14-17H2,1H3,(H,29,31)(H,30,34)(H,32,33). The highest BCUT2D eigenvalue weighted by atomic mass is 16.5. The van der Waals surface area contributed by atoms with E-state index in [9.17, 15) is 14.4 Å². The van der Waals surface area contributed by atoms with E-state index in [1.54, 1.807) is 0 Å². The van der Waals surface area contributed by atoms with Gasteiger partial charge in [0, 0.05) is 19.0 Å². The van der Waals surface area contributed by atoms with Crippen LogP contribution in [0.2, 0.25) is 0 Å². The number of carbonyl (C=O) groups excluding carboxylic acids is 2. The number of nitrogens with one attached hydrogen (secondary N) is 2. The number of rotatable bonds is 9. The normalized spacial score (nSPS) is 12.8. The van der Waals surface area contributed by atoms with E-state index < -0.39 is 18.0 Å². The molecule has 3 N–H and O–H groups in total. The Morgan fingerprint density at radius 2 is 1.43 bits per heavy atom. The minimum absolute atomic E-state index is 0.0164. The molecule has 0 saturated carbocycles. The Balaban J connectivity index is 1.32. The zero-order chi connectivity index (χ0) is 24.8. The van der Waals surface area contributed by atoms with E-state index in [4.69, 9.17) is 9.84 Å². The summed E-state index contributed by atoms with van der Waals surface area (Å²) >= 11 is 0. The van der Waals surface area contributed by atoms with Crippen LogP contribution >= 0.6 is 0 Å². The Morgan fingerprint density at radius 3 is 2.06 bits per heavy atom. The van der Waals surface area contributed by atoms with Gasteiger partial charge in [-0.2, -0.15) is 0 Å². The first-order chi connectivity index (χ1) is 16.9. The lowest BCUT2D eigenvalue weighted by Gasteiger charge is -2.15. The molecular formula is C28H28N2O5. The first-order valence-corrected chi connectivity index (χ1v) is 11.6. The van der Waals surface area contributed by atoms with Gasteiger partial charge in [0.15, 0.2) is 0 Å².